The molecule has 3 aromatic heterocycles. The molecule has 0 radical (unpaired) electrons. The standard InChI is InChI=1S/C19H16FN7/c1-26-10-14(9-22-26)16-4-5-17-19(23-16)27(25-24-17)11-13-7-12-3-2-6-21-18(12)8-15(13)20/h2-10,24-25H,11H2,1H3. The Morgan fingerprint density at radius 3 is 2.96 bits per heavy atom. The Balaban J connectivity index is 1.49. The van der Waals surface area contributed by atoms with Gasteiger partial charge in [-0.1, -0.05) is 6.07 Å². The van der Waals surface area contributed by atoms with Gasteiger partial charge in [0.05, 0.1) is 29.6 Å². The van der Waals surface area contributed by atoms with Crippen LogP contribution >= 0.6 is 0 Å². The number of aromatic nitrogens is 4. The van der Waals surface area contributed by atoms with Crippen LogP contribution in [0.15, 0.2) is 55.0 Å². The van der Waals surface area contributed by atoms with Gasteiger partial charge in [0.25, 0.3) is 0 Å². The number of rotatable bonds is 3. The lowest BCUT2D eigenvalue weighted by Crippen LogP contribution is -2.36. The maximum absolute atomic E-state index is 14.5. The quantitative estimate of drug-likeness (QED) is 0.585. The van der Waals surface area contributed by atoms with Gasteiger partial charge in [-0.2, -0.15) is 5.10 Å². The highest BCUT2D eigenvalue weighted by atomic mass is 19.1. The van der Waals surface area contributed by atoms with Crippen molar-refractivity contribution >= 4 is 22.4 Å². The maximum Gasteiger partial charge on any atom is 0.170 e. The third-order valence-electron chi connectivity index (χ3n) is 4.56. The summed E-state index contributed by atoms with van der Waals surface area (Å²) < 4.78 is 16.3. The van der Waals surface area contributed by atoms with Gasteiger partial charge in [-0.3, -0.25) is 14.7 Å². The molecule has 0 fully saturated rings. The first-order chi connectivity index (χ1) is 13.2. The van der Waals surface area contributed by atoms with E-state index < -0.39 is 0 Å². The highest BCUT2D eigenvalue weighted by molar-refractivity contribution is 5.79. The topological polar surface area (TPSA) is 70.9 Å². The molecule has 0 saturated heterocycles. The average molecular weight is 361 g/mol. The van der Waals surface area contributed by atoms with Crippen LogP contribution in [-0.2, 0) is 13.6 Å². The molecule has 0 bridgehead atoms. The molecule has 0 amide bonds. The normalized spacial score (nSPS) is 13.0. The zero-order chi connectivity index (χ0) is 18.4. The van der Waals surface area contributed by atoms with Crippen molar-refractivity contribution in [3.05, 3.63) is 66.4 Å². The van der Waals surface area contributed by atoms with Crippen LogP contribution in [0.4, 0.5) is 15.9 Å². The molecule has 0 spiro atoms. The van der Waals surface area contributed by atoms with E-state index >= 15 is 0 Å². The van der Waals surface area contributed by atoms with Crippen molar-refractivity contribution in [3.8, 4) is 11.3 Å². The zero-order valence-electron chi connectivity index (χ0n) is 14.5. The summed E-state index contributed by atoms with van der Waals surface area (Å²) in [5.41, 5.74) is 9.89. The largest absolute Gasteiger partial charge is 0.300 e. The van der Waals surface area contributed by atoms with Crippen molar-refractivity contribution in [2.24, 2.45) is 7.05 Å². The number of fused-ring (bicyclic) bond motifs is 2. The molecule has 1 aromatic carbocycles. The van der Waals surface area contributed by atoms with Crippen LogP contribution in [-0.4, -0.2) is 19.7 Å². The number of hydrazine groups is 2. The van der Waals surface area contributed by atoms with E-state index in [4.69, 9.17) is 4.98 Å². The predicted molar refractivity (Wildman–Crippen MR) is 101 cm³/mol. The third kappa shape index (κ3) is 2.76. The van der Waals surface area contributed by atoms with Crippen molar-refractivity contribution in [1.82, 2.24) is 25.3 Å². The summed E-state index contributed by atoms with van der Waals surface area (Å²) in [6, 6.07) is 10.9. The maximum atomic E-state index is 14.5. The summed E-state index contributed by atoms with van der Waals surface area (Å²) in [5.74, 6) is 0.418. The fourth-order valence-electron chi connectivity index (χ4n) is 3.19. The van der Waals surface area contributed by atoms with E-state index in [1.54, 1.807) is 22.1 Å². The monoisotopic (exact) mass is 361 g/mol. The van der Waals surface area contributed by atoms with Crippen molar-refractivity contribution in [2.75, 3.05) is 10.4 Å². The minimum absolute atomic E-state index is 0.292. The van der Waals surface area contributed by atoms with E-state index in [2.05, 4.69) is 21.0 Å². The number of benzene rings is 1. The van der Waals surface area contributed by atoms with Crippen molar-refractivity contribution < 1.29 is 4.39 Å². The van der Waals surface area contributed by atoms with E-state index in [0.717, 1.165) is 22.3 Å². The van der Waals surface area contributed by atoms with Crippen molar-refractivity contribution in [3.63, 3.8) is 0 Å². The summed E-state index contributed by atoms with van der Waals surface area (Å²) in [5, 5.41) is 6.88. The second-order valence-corrected chi connectivity index (χ2v) is 6.43. The van der Waals surface area contributed by atoms with E-state index in [0.29, 0.717) is 23.4 Å². The van der Waals surface area contributed by atoms with Crippen LogP contribution in [0.25, 0.3) is 22.2 Å². The molecule has 4 heterocycles. The van der Waals surface area contributed by atoms with Gasteiger partial charge in [-0.25, -0.2) is 9.37 Å². The summed E-state index contributed by atoms with van der Waals surface area (Å²) in [4.78, 5) is 8.92. The summed E-state index contributed by atoms with van der Waals surface area (Å²) in [6.07, 6.45) is 5.34. The number of hydrogen-bond donors (Lipinski definition) is 2. The summed E-state index contributed by atoms with van der Waals surface area (Å²) in [7, 11) is 1.86. The van der Waals surface area contributed by atoms with Crippen LogP contribution in [0.2, 0.25) is 0 Å². The molecule has 0 atom stereocenters. The van der Waals surface area contributed by atoms with E-state index in [-0.39, 0.29) is 5.82 Å². The lowest BCUT2D eigenvalue weighted by atomic mass is 10.1. The highest BCUT2D eigenvalue weighted by Gasteiger charge is 2.22. The predicted octanol–water partition coefficient (Wildman–Crippen LogP) is 3.02. The molecule has 1 aliphatic rings. The molecule has 0 saturated carbocycles. The van der Waals surface area contributed by atoms with Gasteiger partial charge in [0.15, 0.2) is 5.82 Å². The first-order valence-electron chi connectivity index (χ1n) is 8.50. The molecule has 27 heavy (non-hydrogen) atoms. The fourth-order valence-corrected chi connectivity index (χ4v) is 3.19. The molecule has 0 aliphatic carbocycles. The second kappa shape index (κ2) is 6.03. The van der Waals surface area contributed by atoms with Gasteiger partial charge in [-0.05, 0) is 24.3 Å². The number of hydrogen-bond acceptors (Lipinski definition) is 6. The van der Waals surface area contributed by atoms with Crippen LogP contribution < -0.4 is 16.0 Å². The number of halogens is 1. The Morgan fingerprint density at radius 2 is 2.11 bits per heavy atom. The zero-order valence-corrected chi connectivity index (χ0v) is 14.5. The lowest BCUT2D eigenvalue weighted by Gasteiger charge is -2.18. The van der Waals surface area contributed by atoms with Gasteiger partial charge in [0, 0.05) is 42.0 Å². The molecular weight excluding hydrogens is 345 g/mol. The van der Waals surface area contributed by atoms with Crippen LogP contribution in [0.1, 0.15) is 5.56 Å². The van der Waals surface area contributed by atoms with E-state index in [1.807, 2.05) is 43.6 Å². The smallest absolute Gasteiger partial charge is 0.170 e. The SMILES string of the molecule is Cn1cc(-c2ccc3c(n2)N(Cc2cc4cccnc4cc2F)NN3)cn1. The molecule has 5 rings (SSSR count). The fraction of sp³-hybridized carbons (Fsp3) is 0.105. The summed E-state index contributed by atoms with van der Waals surface area (Å²) >= 11 is 0. The molecule has 4 aromatic rings. The third-order valence-corrected chi connectivity index (χ3v) is 4.56. The molecule has 2 N–H and O–H groups in total. The average Bonchev–Trinajstić information content (AvgIpc) is 3.28. The first kappa shape index (κ1) is 15.7. The molecule has 8 heteroatoms. The van der Waals surface area contributed by atoms with Crippen LogP contribution in [0.5, 0.6) is 0 Å². The molecule has 7 nitrogen and oxygen atoms in total. The van der Waals surface area contributed by atoms with Gasteiger partial charge in [0.1, 0.15) is 5.82 Å². The molecular formula is C19H16FN7. The lowest BCUT2D eigenvalue weighted by molar-refractivity contribution is 0.598. The van der Waals surface area contributed by atoms with Gasteiger partial charge < -0.3 is 5.43 Å². The Kier molecular flexibility index (Phi) is 3.51. The first-order valence-corrected chi connectivity index (χ1v) is 8.50. The number of nitrogens with zero attached hydrogens (tertiary/aromatic N) is 5. The minimum Gasteiger partial charge on any atom is -0.300 e. The Hall–Kier alpha value is -3.52. The molecule has 134 valence electrons. The molecule has 0 unspecified atom stereocenters. The summed E-state index contributed by atoms with van der Waals surface area (Å²) in [6.45, 7) is 0.320. The van der Waals surface area contributed by atoms with Crippen molar-refractivity contribution in [1.29, 1.82) is 0 Å². The van der Waals surface area contributed by atoms with Gasteiger partial charge in [-0.15, -0.1) is 5.53 Å². The Morgan fingerprint density at radius 1 is 1.19 bits per heavy atom. The van der Waals surface area contributed by atoms with Crippen LogP contribution in [0, 0.1) is 5.82 Å². The van der Waals surface area contributed by atoms with Crippen molar-refractivity contribution in [2.45, 2.75) is 6.54 Å². The Bertz CT molecular complexity index is 1150. The highest BCUT2D eigenvalue weighted by Crippen LogP contribution is 2.31. The number of pyridine rings is 2. The number of aryl methyl sites for hydroxylation is 1. The minimum atomic E-state index is -0.292. The Labute approximate surface area is 154 Å². The second-order valence-electron chi connectivity index (χ2n) is 6.43. The van der Waals surface area contributed by atoms with E-state index in [9.17, 15) is 4.39 Å². The molecule has 1 aliphatic heterocycles. The van der Waals surface area contributed by atoms with Gasteiger partial charge in [0.2, 0.25) is 0 Å². The number of anilines is 2. The number of nitrogens with one attached hydrogen (secondary N) is 2. The van der Waals surface area contributed by atoms with Crippen LogP contribution in [0.3, 0.4) is 0 Å². The van der Waals surface area contributed by atoms with E-state index in [1.165, 1.54) is 6.07 Å². The van der Waals surface area contributed by atoms with Gasteiger partial charge >= 0.3 is 0 Å².